The van der Waals surface area contributed by atoms with E-state index in [0.29, 0.717) is 6.61 Å². The maximum Gasteiger partial charge on any atom is 0.0679 e. The highest BCUT2D eigenvalue weighted by atomic mass is 16.6. The van der Waals surface area contributed by atoms with Crippen LogP contribution in [0.1, 0.15) is 61.7 Å². The summed E-state index contributed by atoms with van der Waals surface area (Å²) in [6.45, 7) is 10.9. The normalized spacial score (nSPS) is 7.50. The highest BCUT2D eigenvalue weighted by molar-refractivity contribution is 4.36. The van der Waals surface area contributed by atoms with Gasteiger partial charge in [0.15, 0.2) is 0 Å². The van der Waals surface area contributed by atoms with Crippen molar-refractivity contribution in [2.24, 2.45) is 5.90 Å². The van der Waals surface area contributed by atoms with Gasteiger partial charge in [-0.15, -0.1) is 0 Å². The zero-order chi connectivity index (χ0) is 10.2. The molecule has 2 heteroatoms. The quantitative estimate of drug-likeness (QED) is 0.515. The fraction of sp³-hybridized carbons (Fsp3) is 1.00. The summed E-state index contributed by atoms with van der Waals surface area (Å²) in [4.78, 5) is 4.39. The summed E-state index contributed by atoms with van der Waals surface area (Å²) in [5, 5.41) is 0. The Kier molecular flexibility index (Phi) is 45.6. The van der Waals surface area contributed by atoms with Crippen molar-refractivity contribution in [3.05, 3.63) is 0 Å². The van der Waals surface area contributed by atoms with Crippen LogP contribution in [0.15, 0.2) is 0 Å². The smallest absolute Gasteiger partial charge is 0.0679 e. The lowest BCUT2D eigenvalue weighted by Crippen LogP contribution is -1.99. The Morgan fingerprint density at radius 1 is 1.00 bits per heavy atom. The van der Waals surface area contributed by atoms with Gasteiger partial charge in [0, 0.05) is 1.43 Å². The van der Waals surface area contributed by atoms with Gasteiger partial charge in [-0.05, 0) is 6.42 Å². The highest BCUT2D eigenvalue weighted by Crippen LogP contribution is 1.97. The molecule has 0 aliphatic heterocycles. The fourth-order valence-corrected chi connectivity index (χ4v) is 0.612. The summed E-state index contributed by atoms with van der Waals surface area (Å²) in [6, 6.07) is 0. The third-order valence-corrected chi connectivity index (χ3v) is 1.12. The molecule has 0 fully saturated rings. The van der Waals surface area contributed by atoms with Crippen molar-refractivity contribution in [1.82, 2.24) is 0 Å². The van der Waals surface area contributed by atoms with Gasteiger partial charge in [-0.2, -0.15) is 0 Å². The maximum absolute atomic E-state index is 4.81. The van der Waals surface area contributed by atoms with Crippen LogP contribution in [0.3, 0.4) is 0 Å². The minimum absolute atomic E-state index is 0. The molecule has 0 atom stereocenters. The standard InChI is InChI=1S/C6H15NO.2C2H6.H2/c1-2-3-4-5-6-8-7;2*1-2;/h2-7H2,1H3;2*1-2H3;1H. The first-order valence-electron chi connectivity index (χ1n) is 5.23. The summed E-state index contributed by atoms with van der Waals surface area (Å²) in [6.07, 6.45) is 4.91. The molecule has 0 saturated heterocycles. The van der Waals surface area contributed by atoms with Gasteiger partial charge in [0.1, 0.15) is 0 Å². The molecule has 0 radical (unpaired) electrons. The predicted octanol–water partition coefficient (Wildman–Crippen LogP) is 3.76. The largest absolute Gasteiger partial charge is 0.305 e. The van der Waals surface area contributed by atoms with Gasteiger partial charge in [-0.25, -0.2) is 5.90 Å². The second kappa shape index (κ2) is 30.7. The van der Waals surface area contributed by atoms with Crippen molar-refractivity contribution >= 4 is 0 Å². The van der Waals surface area contributed by atoms with Crippen molar-refractivity contribution in [3.63, 3.8) is 0 Å². The van der Waals surface area contributed by atoms with Crippen LogP contribution in [-0.4, -0.2) is 6.61 Å². The number of unbranched alkanes of at least 4 members (excludes halogenated alkanes) is 3. The Balaban J connectivity index is -0.0000000712. The number of rotatable bonds is 5. The molecule has 0 bridgehead atoms. The van der Waals surface area contributed by atoms with Crippen molar-refractivity contribution < 1.29 is 6.26 Å². The molecule has 0 aliphatic carbocycles. The zero-order valence-corrected chi connectivity index (χ0v) is 9.52. The van der Waals surface area contributed by atoms with E-state index in [0.717, 1.165) is 6.42 Å². The molecule has 0 aromatic heterocycles. The Hall–Kier alpha value is -0.0800. The molecule has 0 heterocycles. The average Bonchev–Trinajstić information content (AvgIpc) is 2.19. The van der Waals surface area contributed by atoms with E-state index >= 15 is 0 Å². The summed E-state index contributed by atoms with van der Waals surface area (Å²) < 4.78 is 0. The lowest BCUT2D eigenvalue weighted by atomic mass is 10.2. The molecule has 0 aromatic carbocycles. The molecule has 0 unspecified atom stereocenters. The topological polar surface area (TPSA) is 35.2 Å². The first-order valence-corrected chi connectivity index (χ1v) is 5.23. The van der Waals surface area contributed by atoms with Gasteiger partial charge >= 0.3 is 0 Å². The van der Waals surface area contributed by atoms with Gasteiger partial charge in [0.25, 0.3) is 0 Å². The summed E-state index contributed by atoms with van der Waals surface area (Å²) >= 11 is 0. The van der Waals surface area contributed by atoms with Crippen LogP contribution >= 0.6 is 0 Å². The van der Waals surface area contributed by atoms with Gasteiger partial charge in [-0.3, -0.25) is 0 Å². The van der Waals surface area contributed by atoms with E-state index < -0.39 is 0 Å². The molecule has 0 aliphatic rings. The second-order valence-electron chi connectivity index (χ2n) is 1.93. The number of nitrogens with two attached hydrogens (primary N) is 1. The van der Waals surface area contributed by atoms with E-state index in [9.17, 15) is 0 Å². The van der Waals surface area contributed by atoms with Crippen LogP contribution < -0.4 is 5.90 Å². The van der Waals surface area contributed by atoms with Gasteiger partial charge in [0.05, 0.1) is 6.61 Å². The minimum Gasteiger partial charge on any atom is -0.305 e. The van der Waals surface area contributed by atoms with E-state index in [1.165, 1.54) is 19.3 Å². The third kappa shape index (κ3) is 32.6. The lowest BCUT2D eigenvalue weighted by Gasteiger charge is -1.94. The van der Waals surface area contributed by atoms with Crippen LogP contribution in [0.5, 0.6) is 0 Å². The lowest BCUT2D eigenvalue weighted by molar-refractivity contribution is 0.133. The molecule has 12 heavy (non-hydrogen) atoms. The fourth-order valence-electron chi connectivity index (χ4n) is 0.612. The third-order valence-electron chi connectivity index (χ3n) is 1.12. The summed E-state index contributed by atoms with van der Waals surface area (Å²) in [5.74, 6) is 4.81. The Bertz CT molecular complexity index is 39.9. The van der Waals surface area contributed by atoms with Crippen LogP contribution in [0.4, 0.5) is 0 Å². The van der Waals surface area contributed by atoms with Gasteiger partial charge < -0.3 is 4.84 Å². The first-order chi connectivity index (χ1) is 5.91. The Labute approximate surface area is 79.9 Å². The maximum atomic E-state index is 4.81. The van der Waals surface area contributed by atoms with Gasteiger partial charge in [0.2, 0.25) is 0 Å². The zero-order valence-electron chi connectivity index (χ0n) is 9.52. The van der Waals surface area contributed by atoms with Gasteiger partial charge in [-0.1, -0.05) is 53.9 Å². The van der Waals surface area contributed by atoms with Crippen LogP contribution in [0.25, 0.3) is 0 Å². The summed E-state index contributed by atoms with van der Waals surface area (Å²) in [7, 11) is 0. The molecular formula is C10H29NO. The van der Waals surface area contributed by atoms with E-state index in [1.807, 2.05) is 27.7 Å². The van der Waals surface area contributed by atoms with Crippen molar-refractivity contribution in [3.8, 4) is 0 Å². The molecule has 0 saturated carbocycles. The van der Waals surface area contributed by atoms with Crippen molar-refractivity contribution in [2.75, 3.05) is 6.61 Å². The monoisotopic (exact) mass is 179 g/mol. The molecule has 2 nitrogen and oxygen atoms in total. The van der Waals surface area contributed by atoms with Crippen molar-refractivity contribution in [2.45, 2.75) is 60.3 Å². The molecule has 2 N–H and O–H groups in total. The average molecular weight is 179 g/mol. The number of hydrogen-bond acceptors (Lipinski definition) is 2. The van der Waals surface area contributed by atoms with Crippen LogP contribution in [0.2, 0.25) is 0 Å². The molecule has 0 spiro atoms. The number of hydrogen-bond donors (Lipinski definition) is 1. The Morgan fingerprint density at radius 3 is 1.83 bits per heavy atom. The van der Waals surface area contributed by atoms with Crippen molar-refractivity contribution in [1.29, 1.82) is 0 Å². The van der Waals surface area contributed by atoms with E-state index in [-0.39, 0.29) is 1.43 Å². The van der Waals surface area contributed by atoms with E-state index in [4.69, 9.17) is 5.90 Å². The Morgan fingerprint density at radius 2 is 1.50 bits per heavy atom. The van der Waals surface area contributed by atoms with Crippen LogP contribution in [0, 0.1) is 0 Å². The molecule has 0 aromatic rings. The summed E-state index contributed by atoms with van der Waals surface area (Å²) in [5.41, 5.74) is 0. The van der Waals surface area contributed by atoms with E-state index in [2.05, 4.69) is 11.8 Å². The first kappa shape index (κ1) is 17.9. The molecular weight excluding hydrogens is 150 g/mol. The molecule has 0 rings (SSSR count). The van der Waals surface area contributed by atoms with Crippen LogP contribution in [-0.2, 0) is 4.84 Å². The predicted molar refractivity (Wildman–Crippen MR) is 59.1 cm³/mol. The second-order valence-corrected chi connectivity index (χ2v) is 1.93. The molecule has 0 amide bonds. The SMILES string of the molecule is CC.CC.CCCCCCON.[HH]. The minimum atomic E-state index is 0. The van der Waals surface area contributed by atoms with E-state index in [1.54, 1.807) is 0 Å². The highest BCUT2D eigenvalue weighted by Gasteiger charge is 1.83. The molecule has 80 valence electrons.